The molecule has 0 saturated carbocycles. The first kappa shape index (κ1) is 45.0. The minimum Gasteiger partial charge on any atom is -0.481 e. The van der Waals surface area contributed by atoms with Gasteiger partial charge in [-0.15, -0.1) is 0 Å². The number of rotatable bonds is 13. The standard InChI is InChI=1S/2C17H20F2N4O2.C4H6O4/c2*1-13(24)22-8-6-21(7-9-22)12-25-11-14-4-5-23(20-14)15-2-3-16(18)17(19)10-15;5-3(6)1-2-4(7)8/h2*2-5,10H,6-9,11-12H2,1H3;1-2H2,(H,5,6)(H,7,8). The number of amides is 2. The van der Waals surface area contributed by atoms with Crippen molar-refractivity contribution < 1.29 is 56.4 Å². The van der Waals surface area contributed by atoms with Gasteiger partial charge in [0.2, 0.25) is 11.8 Å². The van der Waals surface area contributed by atoms with E-state index in [4.69, 9.17) is 19.7 Å². The Hall–Kier alpha value is -5.70. The maximum absolute atomic E-state index is 13.3. The van der Waals surface area contributed by atoms with Gasteiger partial charge in [-0.2, -0.15) is 10.2 Å². The molecule has 6 rings (SSSR count). The Morgan fingerprint density at radius 3 is 1.24 bits per heavy atom. The Morgan fingerprint density at radius 2 is 0.931 bits per heavy atom. The number of hydrogen-bond acceptors (Lipinski definition) is 10. The molecule has 2 aromatic heterocycles. The number of aliphatic carboxylic acids is 2. The minimum atomic E-state index is -1.08. The van der Waals surface area contributed by atoms with E-state index in [1.807, 2.05) is 9.80 Å². The third kappa shape index (κ3) is 14.7. The van der Waals surface area contributed by atoms with Crippen molar-refractivity contribution in [3.8, 4) is 11.4 Å². The molecule has 314 valence electrons. The number of benzene rings is 2. The lowest BCUT2D eigenvalue weighted by Gasteiger charge is -2.33. The summed E-state index contributed by atoms with van der Waals surface area (Å²) >= 11 is 0. The predicted octanol–water partition coefficient (Wildman–Crippen LogP) is 3.51. The smallest absolute Gasteiger partial charge is 0.303 e. The Morgan fingerprint density at radius 1 is 0.569 bits per heavy atom. The van der Waals surface area contributed by atoms with E-state index in [1.54, 1.807) is 38.4 Å². The Balaban J connectivity index is 0.000000217. The minimum absolute atomic E-state index is 0.100. The molecule has 0 radical (unpaired) electrons. The maximum atomic E-state index is 13.3. The third-order valence-electron chi connectivity index (χ3n) is 8.86. The summed E-state index contributed by atoms with van der Waals surface area (Å²) < 4.78 is 66.8. The molecule has 2 fully saturated rings. The number of halogens is 4. The van der Waals surface area contributed by atoms with Gasteiger partial charge in [-0.1, -0.05) is 0 Å². The number of carboxylic acids is 2. The van der Waals surface area contributed by atoms with E-state index in [2.05, 4.69) is 20.0 Å². The summed E-state index contributed by atoms with van der Waals surface area (Å²) in [4.78, 5) is 49.8. The molecule has 2 N–H and O–H groups in total. The Kier molecular flexibility index (Phi) is 17.3. The average Bonchev–Trinajstić information content (AvgIpc) is 3.88. The maximum Gasteiger partial charge on any atom is 0.303 e. The van der Waals surface area contributed by atoms with E-state index < -0.39 is 35.2 Å². The fraction of sp³-hybridized carbons (Fsp3) is 0.421. The highest BCUT2D eigenvalue weighted by molar-refractivity contribution is 5.75. The first-order valence-corrected chi connectivity index (χ1v) is 18.2. The molecule has 58 heavy (non-hydrogen) atoms. The van der Waals surface area contributed by atoms with Gasteiger partial charge in [0.1, 0.15) is 0 Å². The van der Waals surface area contributed by atoms with Crippen LogP contribution in [0.25, 0.3) is 11.4 Å². The van der Waals surface area contributed by atoms with Crippen LogP contribution in [0.15, 0.2) is 60.9 Å². The van der Waals surface area contributed by atoms with Crippen molar-refractivity contribution in [2.45, 2.75) is 39.9 Å². The van der Waals surface area contributed by atoms with Gasteiger partial charge in [-0.25, -0.2) is 26.9 Å². The molecule has 20 heteroatoms. The zero-order valence-electron chi connectivity index (χ0n) is 32.1. The van der Waals surface area contributed by atoms with Crippen molar-refractivity contribution in [3.63, 3.8) is 0 Å². The molecule has 2 aliphatic rings. The fourth-order valence-corrected chi connectivity index (χ4v) is 5.58. The van der Waals surface area contributed by atoms with E-state index in [-0.39, 0.29) is 24.7 Å². The van der Waals surface area contributed by atoms with Crippen LogP contribution in [0.2, 0.25) is 0 Å². The summed E-state index contributed by atoms with van der Waals surface area (Å²) in [6.07, 6.45) is 2.76. The van der Waals surface area contributed by atoms with E-state index >= 15 is 0 Å². The van der Waals surface area contributed by atoms with Crippen LogP contribution in [0, 0.1) is 23.3 Å². The van der Waals surface area contributed by atoms with Gasteiger partial charge in [0.15, 0.2) is 23.3 Å². The van der Waals surface area contributed by atoms with E-state index in [0.29, 0.717) is 75.6 Å². The molecule has 0 unspecified atom stereocenters. The van der Waals surface area contributed by atoms with Crippen LogP contribution in [-0.2, 0) is 41.9 Å². The SMILES string of the molecule is CC(=O)N1CCN(COCc2ccn(-c3ccc(F)c(F)c3)n2)CC1.CC(=O)N1CCN(COCc2ccn(-c3ccc(F)c(F)c3)n2)CC1.O=C(O)CCC(=O)O. The van der Waals surface area contributed by atoms with Crippen molar-refractivity contribution in [1.29, 1.82) is 0 Å². The Bertz CT molecular complexity index is 1840. The van der Waals surface area contributed by atoms with Gasteiger partial charge in [0.05, 0.1) is 62.3 Å². The topological polar surface area (TPSA) is 176 Å². The highest BCUT2D eigenvalue weighted by Gasteiger charge is 2.20. The predicted molar refractivity (Wildman–Crippen MR) is 198 cm³/mol. The summed E-state index contributed by atoms with van der Waals surface area (Å²) in [6, 6.07) is 10.8. The third-order valence-corrected chi connectivity index (χ3v) is 8.86. The number of hydrogen-bond donors (Lipinski definition) is 2. The van der Waals surface area contributed by atoms with Crippen molar-refractivity contribution in [2.75, 3.05) is 65.8 Å². The lowest BCUT2D eigenvalue weighted by atomic mass is 10.3. The highest BCUT2D eigenvalue weighted by atomic mass is 19.2. The number of carbonyl (C=O) groups is 4. The molecule has 4 aromatic rings. The number of ether oxygens (including phenoxy) is 2. The number of piperazine rings is 2. The molecule has 0 atom stereocenters. The van der Waals surface area contributed by atoms with Gasteiger partial charge in [-0.3, -0.25) is 29.0 Å². The first-order valence-electron chi connectivity index (χ1n) is 18.2. The number of aromatic nitrogens is 4. The first-order chi connectivity index (χ1) is 27.7. The highest BCUT2D eigenvalue weighted by Crippen LogP contribution is 2.15. The molecule has 16 nitrogen and oxygen atoms in total. The second-order valence-corrected chi connectivity index (χ2v) is 13.2. The van der Waals surface area contributed by atoms with Gasteiger partial charge in [0.25, 0.3) is 0 Å². The van der Waals surface area contributed by atoms with Gasteiger partial charge >= 0.3 is 11.9 Å². The quantitative estimate of drug-likeness (QED) is 0.188. The van der Waals surface area contributed by atoms with Crippen molar-refractivity contribution >= 4 is 23.8 Å². The second-order valence-electron chi connectivity index (χ2n) is 13.2. The van der Waals surface area contributed by atoms with Gasteiger partial charge < -0.3 is 29.5 Å². The van der Waals surface area contributed by atoms with E-state index in [1.165, 1.54) is 21.5 Å². The summed E-state index contributed by atoms with van der Waals surface area (Å²) in [6.45, 7) is 10.7. The van der Waals surface area contributed by atoms with Crippen LogP contribution in [0.1, 0.15) is 38.1 Å². The largest absolute Gasteiger partial charge is 0.481 e. The van der Waals surface area contributed by atoms with Crippen LogP contribution in [0.4, 0.5) is 17.6 Å². The van der Waals surface area contributed by atoms with Crippen molar-refractivity contribution in [2.24, 2.45) is 0 Å². The van der Waals surface area contributed by atoms with Crippen LogP contribution in [0.5, 0.6) is 0 Å². The van der Waals surface area contributed by atoms with E-state index in [0.717, 1.165) is 50.4 Å². The molecular weight excluding hydrogens is 772 g/mol. The van der Waals surface area contributed by atoms with E-state index in [9.17, 15) is 36.7 Å². The molecule has 0 spiro atoms. The summed E-state index contributed by atoms with van der Waals surface area (Å²) in [5, 5.41) is 24.4. The zero-order chi connectivity index (χ0) is 42.2. The molecule has 2 amide bonds. The second kappa shape index (κ2) is 22.3. The average molecular weight is 819 g/mol. The lowest BCUT2D eigenvalue weighted by molar-refractivity contribution is -0.143. The zero-order valence-corrected chi connectivity index (χ0v) is 32.1. The molecule has 4 heterocycles. The summed E-state index contributed by atoms with van der Waals surface area (Å²) in [7, 11) is 0. The summed E-state index contributed by atoms with van der Waals surface area (Å²) in [5.41, 5.74) is 2.30. The summed E-state index contributed by atoms with van der Waals surface area (Å²) in [5.74, 6) is -5.54. The molecular formula is C38H46F4N8O8. The molecule has 0 bridgehead atoms. The van der Waals surface area contributed by atoms with Crippen molar-refractivity contribution in [3.05, 3.63) is 95.6 Å². The van der Waals surface area contributed by atoms with Crippen LogP contribution in [-0.4, -0.2) is 139 Å². The molecule has 2 aliphatic heterocycles. The van der Waals surface area contributed by atoms with Crippen LogP contribution < -0.4 is 0 Å². The van der Waals surface area contributed by atoms with Gasteiger partial charge in [-0.05, 0) is 36.4 Å². The molecule has 0 aliphatic carbocycles. The number of nitrogens with zero attached hydrogens (tertiary/aromatic N) is 8. The monoisotopic (exact) mass is 818 g/mol. The van der Waals surface area contributed by atoms with Gasteiger partial charge in [0, 0.05) is 90.7 Å². The number of carbonyl (C=O) groups excluding carboxylic acids is 2. The lowest BCUT2D eigenvalue weighted by Crippen LogP contribution is -2.48. The fourth-order valence-electron chi connectivity index (χ4n) is 5.58. The normalized spacial score (nSPS) is 14.6. The van der Waals surface area contributed by atoms with Crippen molar-refractivity contribution in [1.82, 2.24) is 39.2 Å². The van der Waals surface area contributed by atoms with Crippen LogP contribution >= 0.6 is 0 Å². The van der Waals surface area contributed by atoms with Crippen LogP contribution in [0.3, 0.4) is 0 Å². The molecule has 2 aromatic carbocycles. The number of carboxylic acid groups (broad SMARTS) is 2. The molecule has 2 saturated heterocycles. The Labute approximate surface area is 331 Å².